The van der Waals surface area contributed by atoms with Crippen molar-refractivity contribution < 1.29 is 17.9 Å². The summed E-state index contributed by atoms with van der Waals surface area (Å²) < 4.78 is 40.2. The van der Waals surface area contributed by atoms with Gasteiger partial charge in [0.15, 0.2) is 5.11 Å². The molecule has 7 nitrogen and oxygen atoms in total. The first kappa shape index (κ1) is 22.8. The fourth-order valence-corrected chi connectivity index (χ4v) is 2.27. The summed E-state index contributed by atoms with van der Waals surface area (Å²) in [5.74, 6) is -0.0996. The van der Waals surface area contributed by atoms with E-state index >= 15 is 0 Å². The van der Waals surface area contributed by atoms with Gasteiger partial charge in [0.25, 0.3) is 0 Å². The number of halogens is 3. The van der Waals surface area contributed by atoms with E-state index in [0.717, 1.165) is 17.7 Å². The minimum atomic E-state index is -4.74. The second kappa shape index (κ2) is 10.9. The summed E-state index contributed by atoms with van der Waals surface area (Å²) in [6.07, 6.45) is -1.91. The van der Waals surface area contributed by atoms with Crippen LogP contribution < -0.4 is 21.2 Å². The van der Waals surface area contributed by atoms with Crippen LogP contribution in [0.2, 0.25) is 0 Å². The van der Waals surface area contributed by atoms with Crippen LogP contribution in [0.25, 0.3) is 0 Å². The molecule has 0 heterocycles. The number of aliphatic imine (C=N–C) groups is 2. The average Bonchev–Trinajstić information content (AvgIpc) is 2.69. The highest BCUT2D eigenvalue weighted by Crippen LogP contribution is 2.24. The Bertz CT molecular complexity index is 925. The van der Waals surface area contributed by atoms with Gasteiger partial charge in [-0.25, -0.2) is 9.98 Å². The highest BCUT2D eigenvalue weighted by molar-refractivity contribution is 7.80. The summed E-state index contributed by atoms with van der Waals surface area (Å²) in [5, 5.41) is 7.35. The summed E-state index contributed by atoms with van der Waals surface area (Å²) >= 11 is 4.99. The summed E-state index contributed by atoms with van der Waals surface area (Å²) in [6, 6.07) is 12.2. The highest BCUT2D eigenvalue weighted by Gasteiger charge is 2.30. The predicted molar refractivity (Wildman–Crippen MR) is 115 cm³/mol. The van der Waals surface area contributed by atoms with Crippen LogP contribution in [0.1, 0.15) is 18.1 Å². The number of rotatable bonds is 7. The van der Waals surface area contributed by atoms with Crippen molar-refractivity contribution in [1.29, 1.82) is 0 Å². The topological polar surface area (TPSA) is 96.4 Å². The van der Waals surface area contributed by atoms with Crippen LogP contribution in [0.4, 0.5) is 18.9 Å². The van der Waals surface area contributed by atoms with Crippen molar-refractivity contribution in [2.45, 2.75) is 13.3 Å². The zero-order valence-corrected chi connectivity index (χ0v) is 16.7. The SMILES string of the molecule is CCNC(=S)N/N=C/c1ccc(C(N)=NC=Nc2ccc(OC(F)(F)F)cc2)cc1. The molecule has 0 fully saturated rings. The molecule has 0 amide bonds. The number of thiocarbonyl (C=S) groups is 1. The van der Waals surface area contributed by atoms with Gasteiger partial charge in [0.2, 0.25) is 0 Å². The van der Waals surface area contributed by atoms with Gasteiger partial charge in [-0.05, 0) is 49.0 Å². The third-order valence-electron chi connectivity index (χ3n) is 3.40. The largest absolute Gasteiger partial charge is 0.573 e. The molecule has 0 atom stereocenters. The van der Waals surface area contributed by atoms with Crippen LogP contribution >= 0.6 is 12.2 Å². The molecule has 2 aromatic carbocycles. The minimum Gasteiger partial charge on any atom is -0.406 e. The molecule has 0 aliphatic heterocycles. The smallest absolute Gasteiger partial charge is 0.406 e. The normalized spacial score (nSPS) is 12.3. The lowest BCUT2D eigenvalue weighted by Gasteiger charge is -2.08. The number of hydrazone groups is 1. The number of hydrogen-bond acceptors (Lipinski definition) is 4. The Morgan fingerprint density at radius 3 is 2.40 bits per heavy atom. The first-order valence-electron chi connectivity index (χ1n) is 8.66. The average molecular weight is 436 g/mol. The highest BCUT2D eigenvalue weighted by atomic mass is 32.1. The van der Waals surface area contributed by atoms with Gasteiger partial charge >= 0.3 is 6.36 Å². The molecule has 0 radical (unpaired) electrons. The molecular formula is C19H19F3N6OS. The van der Waals surface area contributed by atoms with Crippen LogP contribution in [0.15, 0.2) is 63.6 Å². The second-order valence-corrected chi connectivity index (χ2v) is 6.06. The van der Waals surface area contributed by atoms with Crippen LogP contribution in [-0.4, -0.2) is 36.4 Å². The number of hydrogen-bond donors (Lipinski definition) is 3. The quantitative estimate of drug-likeness (QED) is 0.267. The van der Waals surface area contributed by atoms with Crippen molar-refractivity contribution in [3.8, 4) is 5.75 Å². The molecule has 2 aromatic rings. The lowest BCUT2D eigenvalue weighted by atomic mass is 10.1. The lowest BCUT2D eigenvalue weighted by Crippen LogP contribution is -2.31. The fourth-order valence-electron chi connectivity index (χ4n) is 2.07. The third-order valence-corrected chi connectivity index (χ3v) is 3.63. The number of alkyl halides is 3. The molecule has 0 spiro atoms. The number of ether oxygens (including phenoxy) is 1. The first-order valence-corrected chi connectivity index (χ1v) is 9.06. The summed E-state index contributed by atoms with van der Waals surface area (Å²) in [4.78, 5) is 8.05. The Kier molecular flexibility index (Phi) is 8.29. The molecule has 2 rings (SSSR count). The van der Waals surface area contributed by atoms with Gasteiger partial charge in [0.1, 0.15) is 17.9 Å². The number of benzene rings is 2. The molecule has 0 aliphatic rings. The molecule has 0 aliphatic carbocycles. The summed E-state index contributed by atoms with van der Waals surface area (Å²) in [6.45, 7) is 2.63. The Hall–Kier alpha value is -3.47. The van der Waals surface area contributed by atoms with Crippen molar-refractivity contribution in [2.24, 2.45) is 20.8 Å². The van der Waals surface area contributed by atoms with Crippen LogP contribution in [0.5, 0.6) is 5.75 Å². The van der Waals surface area contributed by atoms with E-state index in [1.807, 2.05) is 6.92 Å². The second-order valence-electron chi connectivity index (χ2n) is 5.65. The summed E-state index contributed by atoms with van der Waals surface area (Å²) in [5.41, 5.74) is 10.5. The molecule has 11 heteroatoms. The molecule has 0 bridgehead atoms. The molecule has 0 saturated heterocycles. The minimum absolute atomic E-state index is 0.228. The molecule has 0 aromatic heterocycles. The van der Waals surface area contributed by atoms with Gasteiger partial charge < -0.3 is 15.8 Å². The van der Waals surface area contributed by atoms with E-state index in [4.69, 9.17) is 18.0 Å². The maximum absolute atomic E-state index is 12.1. The lowest BCUT2D eigenvalue weighted by molar-refractivity contribution is -0.274. The van der Waals surface area contributed by atoms with E-state index in [0.29, 0.717) is 22.9 Å². The van der Waals surface area contributed by atoms with Crippen molar-refractivity contribution >= 4 is 41.4 Å². The van der Waals surface area contributed by atoms with Crippen LogP contribution in [0, 0.1) is 0 Å². The van der Waals surface area contributed by atoms with Gasteiger partial charge in [-0.2, -0.15) is 5.10 Å². The standard InChI is InChI=1S/C19H19F3N6OS/c1-2-24-18(30)28-27-11-13-3-5-14(6-4-13)17(23)26-12-25-15-7-9-16(10-8-15)29-19(20,21)22/h3-12H,2H2,1H3,(H2,23,25,26)(H2,24,28,30)/b27-11+. The van der Waals surface area contributed by atoms with E-state index in [-0.39, 0.29) is 11.6 Å². The van der Waals surface area contributed by atoms with Crippen molar-refractivity contribution in [1.82, 2.24) is 10.7 Å². The molecule has 0 saturated carbocycles. The van der Waals surface area contributed by atoms with E-state index in [9.17, 15) is 13.2 Å². The zero-order chi connectivity index (χ0) is 22.0. The van der Waals surface area contributed by atoms with Crippen LogP contribution in [0.3, 0.4) is 0 Å². The van der Waals surface area contributed by atoms with Gasteiger partial charge in [0.05, 0.1) is 11.9 Å². The predicted octanol–water partition coefficient (Wildman–Crippen LogP) is 3.47. The Morgan fingerprint density at radius 1 is 1.13 bits per heavy atom. The van der Waals surface area contributed by atoms with Crippen LogP contribution in [-0.2, 0) is 0 Å². The first-order chi connectivity index (χ1) is 14.3. The van der Waals surface area contributed by atoms with E-state index in [1.165, 1.54) is 18.5 Å². The van der Waals surface area contributed by atoms with Crippen molar-refractivity contribution in [3.05, 3.63) is 59.7 Å². The van der Waals surface area contributed by atoms with Crippen molar-refractivity contribution in [3.63, 3.8) is 0 Å². The van der Waals surface area contributed by atoms with Gasteiger partial charge in [-0.1, -0.05) is 24.3 Å². The van der Waals surface area contributed by atoms with Gasteiger partial charge in [0, 0.05) is 12.1 Å². The monoisotopic (exact) mass is 436 g/mol. The maximum Gasteiger partial charge on any atom is 0.573 e. The summed E-state index contributed by atoms with van der Waals surface area (Å²) in [7, 11) is 0. The molecule has 4 N–H and O–H groups in total. The molecular weight excluding hydrogens is 417 g/mol. The number of amidine groups is 1. The van der Waals surface area contributed by atoms with Gasteiger partial charge in [-0.3, -0.25) is 5.43 Å². The van der Waals surface area contributed by atoms with Crippen molar-refractivity contribution in [2.75, 3.05) is 6.54 Å². The Morgan fingerprint density at radius 2 is 1.80 bits per heavy atom. The van der Waals surface area contributed by atoms with E-state index < -0.39 is 6.36 Å². The number of nitrogens with zero attached hydrogens (tertiary/aromatic N) is 3. The zero-order valence-electron chi connectivity index (χ0n) is 15.8. The Balaban J connectivity index is 1.93. The number of nitrogens with two attached hydrogens (primary N) is 1. The Labute approximate surface area is 176 Å². The van der Waals surface area contributed by atoms with E-state index in [1.54, 1.807) is 30.5 Å². The molecule has 30 heavy (non-hydrogen) atoms. The third kappa shape index (κ3) is 8.27. The number of nitrogens with one attached hydrogen (secondary N) is 2. The molecule has 158 valence electrons. The molecule has 0 unspecified atom stereocenters. The van der Waals surface area contributed by atoms with E-state index in [2.05, 4.69) is 30.6 Å². The fraction of sp³-hybridized carbons (Fsp3) is 0.158. The van der Waals surface area contributed by atoms with Gasteiger partial charge in [-0.15, -0.1) is 13.2 Å². The maximum atomic E-state index is 12.1.